The molecule has 0 aliphatic rings. The van der Waals surface area contributed by atoms with E-state index in [1.807, 2.05) is 26.2 Å². The fourth-order valence-electron chi connectivity index (χ4n) is 1.98. The number of aryl methyl sites for hydroxylation is 1. The average molecular weight is 303 g/mol. The van der Waals surface area contributed by atoms with Gasteiger partial charge >= 0.3 is 5.97 Å². The number of rotatable bonds is 5. The van der Waals surface area contributed by atoms with Gasteiger partial charge in [0.15, 0.2) is 0 Å². The van der Waals surface area contributed by atoms with Gasteiger partial charge in [-0.25, -0.2) is 4.98 Å². The zero-order valence-corrected chi connectivity index (χ0v) is 13.8. The smallest absolute Gasteiger partial charge is 0.317 e. The molecule has 2 aromatic rings. The highest BCUT2D eigenvalue weighted by Crippen LogP contribution is 2.27. The van der Waals surface area contributed by atoms with E-state index in [-0.39, 0.29) is 5.97 Å². The van der Waals surface area contributed by atoms with Gasteiger partial charge in [0.1, 0.15) is 5.41 Å². The number of nitrogens with zero attached hydrogens (tertiary/aromatic N) is 1. The maximum Gasteiger partial charge on any atom is 0.317 e. The zero-order valence-electron chi connectivity index (χ0n) is 13.0. The molecule has 3 nitrogen and oxygen atoms in total. The van der Waals surface area contributed by atoms with Crippen molar-refractivity contribution in [1.29, 1.82) is 0 Å². The summed E-state index contributed by atoms with van der Waals surface area (Å²) >= 11 is 1.59. The summed E-state index contributed by atoms with van der Waals surface area (Å²) in [6.45, 7) is 8.00. The van der Waals surface area contributed by atoms with Crippen molar-refractivity contribution >= 4 is 17.3 Å². The monoisotopic (exact) mass is 303 g/mol. The Labute approximate surface area is 130 Å². The van der Waals surface area contributed by atoms with Crippen molar-refractivity contribution in [2.24, 2.45) is 0 Å². The van der Waals surface area contributed by atoms with Gasteiger partial charge in [-0.15, -0.1) is 11.3 Å². The number of ether oxygens (including phenoxy) is 1. The maximum atomic E-state index is 12.0. The molecule has 0 aliphatic carbocycles. The van der Waals surface area contributed by atoms with Crippen molar-refractivity contribution in [2.75, 3.05) is 6.61 Å². The Morgan fingerprint density at radius 3 is 2.57 bits per heavy atom. The van der Waals surface area contributed by atoms with Crippen molar-refractivity contribution in [3.8, 4) is 0 Å². The molecule has 0 spiro atoms. The number of carbonyl (C=O) groups is 1. The number of hydrogen-bond acceptors (Lipinski definition) is 4. The van der Waals surface area contributed by atoms with Gasteiger partial charge in [0, 0.05) is 11.8 Å². The second-order valence-electron chi connectivity index (χ2n) is 5.63. The lowest BCUT2D eigenvalue weighted by atomic mass is 9.90. The molecule has 2 rings (SSSR count). The molecule has 0 saturated carbocycles. The van der Waals surface area contributed by atoms with Crippen LogP contribution in [-0.2, 0) is 21.4 Å². The van der Waals surface area contributed by atoms with Gasteiger partial charge in [0.05, 0.1) is 17.3 Å². The lowest BCUT2D eigenvalue weighted by Crippen LogP contribution is -2.31. The highest BCUT2D eigenvalue weighted by atomic mass is 32.1. The molecule has 21 heavy (non-hydrogen) atoms. The Morgan fingerprint density at radius 1 is 1.29 bits per heavy atom. The first kappa shape index (κ1) is 15.7. The van der Waals surface area contributed by atoms with Crippen LogP contribution >= 0.6 is 11.3 Å². The average Bonchev–Trinajstić information content (AvgIpc) is 2.91. The van der Waals surface area contributed by atoms with Crippen molar-refractivity contribution < 1.29 is 9.53 Å². The van der Waals surface area contributed by atoms with Gasteiger partial charge in [0.2, 0.25) is 0 Å². The summed E-state index contributed by atoms with van der Waals surface area (Å²) in [6, 6.07) is 8.44. The molecule has 0 saturated heterocycles. The van der Waals surface area contributed by atoms with Gasteiger partial charge in [0.25, 0.3) is 0 Å². The highest BCUT2D eigenvalue weighted by molar-refractivity contribution is 7.09. The summed E-state index contributed by atoms with van der Waals surface area (Å²) in [7, 11) is 0. The number of esters is 1. The SMILES string of the molecule is CCOC(=O)C(C)(C)c1csc(Cc2ccc(C)cc2)n1. The Hall–Kier alpha value is -1.68. The molecule has 4 heteroatoms. The van der Waals surface area contributed by atoms with Crippen LogP contribution in [0.25, 0.3) is 0 Å². The predicted molar refractivity (Wildman–Crippen MR) is 85.8 cm³/mol. The van der Waals surface area contributed by atoms with Crippen LogP contribution in [0, 0.1) is 6.92 Å². The minimum atomic E-state index is -0.696. The summed E-state index contributed by atoms with van der Waals surface area (Å²) in [4.78, 5) is 16.6. The molecule has 0 N–H and O–H groups in total. The van der Waals surface area contributed by atoms with Crippen molar-refractivity contribution in [3.05, 3.63) is 51.5 Å². The fraction of sp³-hybridized carbons (Fsp3) is 0.412. The molecule has 0 unspecified atom stereocenters. The number of carbonyl (C=O) groups excluding carboxylic acids is 1. The number of hydrogen-bond donors (Lipinski definition) is 0. The molecule has 0 amide bonds. The summed E-state index contributed by atoms with van der Waals surface area (Å²) in [5.41, 5.74) is 2.57. The zero-order chi connectivity index (χ0) is 15.5. The molecule has 1 aromatic carbocycles. The minimum absolute atomic E-state index is 0.225. The molecular weight excluding hydrogens is 282 g/mol. The van der Waals surface area contributed by atoms with E-state index in [1.54, 1.807) is 11.3 Å². The van der Waals surface area contributed by atoms with E-state index in [0.717, 1.165) is 17.1 Å². The summed E-state index contributed by atoms with van der Waals surface area (Å²) < 4.78 is 5.13. The molecule has 0 fully saturated rings. The molecule has 112 valence electrons. The van der Waals surface area contributed by atoms with Crippen LogP contribution < -0.4 is 0 Å². The second kappa shape index (κ2) is 6.39. The van der Waals surface area contributed by atoms with E-state index in [2.05, 4.69) is 36.2 Å². The van der Waals surface area contributed by atoms with Crippen molar-refractivity contribution in [1.82, 2.24) is 4.98 Å². The molecule has 0 bridgehead atoms. The van der Waals surface area contributed by atoms with Crippen LogP contribution in [-0.4, -0.2) is 17.6 Å². The number of benzene rings is 1. The van der Waals surface area contributed by atoms with Crippen LogP contribution in [0.15, 0.2) is 29.6 Å². The Bertz CT molecular complexity index is 614. The van der Waals surface area contributed by atoms with Crippen LogP contribution in [0.3, 0.4) is 0 Å². The molecule has 0 radical (unpaired) electrons. The van der Waals surface area contributed by atoms with E-state index in [1.165, 1.54) is 11.1 Å². The summed E-state index contributed by atoms with van der Waals surface area (Å²) in [6.07, 6.45) is 0.795. The molecule has 0 aliphatic heterocycles. The number of aromatic nitrogens is 1. The Balaban J connectivity index is 2.14. The first-order valence-corrected chi connectivity index (χ1v) is 7.99. The highest BCUT2D eigenvalue weighted by Gasteiger charge is 2.33. The third kappa shape index (κ3) is 3.70. The van der Waals surface area contributed by atoms with Gasteiger partial charge in [-0.1, -0.05) is 29.8 Å². The third-order valence-electron chi connectivity index (χ3n) is 3.45. The standard InChI is InChI=1S/C17H21NO2S/c1-5-20-16(19)17(3,4)14-11-21-15(18-14)10-13-8-6-12(2)7-9-13/h6-9,11H,5,10H2,1-4H3. The first-order chi connectivity index (χ1) is 9.93. The third-order valence-corrected chi connectivity index (χ3v) is 4.30. The normalized spacial score (nSPS) is 11.4. The molecular formula is C17H21NO2S. The Morgan fingerprint density at radius 2 is 1.95 bits per heavy atom. The van der Waals surface area contributed by atoms with Crippen molar-refractivity contribution in [2.45, 2.75) is 39.5 Å². The van der Waals surface area contributed by atoms with Gasteiger partial charge < -0.3 is 4.74 Å². The van der Waals surface area contributed by atoms with E-state index in [9.17, 15) is 4.79 Å². The van der Waals surface area contributed by atoms with Gasteiger partial charge in [-0.3, -0.25) is 4.79 Å². The van der Waals surface area contributed by atoms with Crippen LogP contribution in [0.1, 0.15) is 42.6 Å². The summed E-state index contributed by atoms with van der Waals surface area (Å²) in [5, 5.41) is 2.98. The van der Waals surface area contributed by atoms with Gasteiger partial charge in [-0.2, -0.15) is 0 Å². The maximum absolute atomic E-state index is 12.0. The minimum Gasteiger partial charge on any atom is -0.465 e. The predicted octanol–water partition coefficient (Wildman–Crippen LogP) is 3.88. The van der Waals surface area contributed by atoms with E-state index in [0.29, 0.717) is 6.61 Å². The van der Waals surface area contributed by atoms with Crippen molar-refractivity contribution in [3.63, 3.8) is 0 Å². The lowest BCUT2D eigenvalue weighted by molar-refractivity contribution is -0.148. The Kier molecular flexibility index (Phi) is 4.78. The fourth-order valence-corrected chi connectivity index (χ4v) is 2.97. The number of thiazole rings is 1. The lowest BCUT2D eigenvalue weighted by Gasteiger charge is -2.19. The van der Waals surface area contributed by atoms with Gasteiger partial charge in [-0.05, 0) is 33.3 Å². The van der Waals surface area contributed by atoms with E-state index < -0.39 is 5.41 Å². The van der Waals surface area contributed by atoms with Crippen LogP contribution in [0.5, 0.6) is 0 Å². The second-order valence-corrected chi connectivity index (χ2v) is 6.58. The first-order valence-electron chi connectivity index (χ1n) is 7.11. The van der Waals surface area contributed by atoms with Crippen LogP contribution in [0.2, 0.25) is 0 Å². The topological polar surface area (TPSA) is 39.2 Å². The molecule has 0 atom stereocenters. The van der Waals surface area contributed by atoms with E-state index >= 15 is 0 Å². The molecule has 1 heterocycles. The quantitative estimate of drug-likeness (QED) is 0.787. The largest absolute Gasteiger partial charge is 0.465 e. The summed E-state index contributed by atoms with van der Waals surface area (Å²) in [5.74, 6) is -0.225. The molecule has 1 aromatic heterocycles. The van der Waals surface area contributed by atoms with E-state index in [4.69, 9.17) is 4.74 Å². The van der Waals surface area contributed by atoms with Crippen LogP contribution in [0.4, 0.5) is 0 Å².